The van der Waals surface area contributed by atoms with E-state index in [4.69, 9.17) is 9.57 Å². The molecule has 0 aliphatic carbocycles. The third-order valence-electron chi connectivity index (χ3n) is 5.89. The van der Waals surface area contributed by atoms with Crippen LogP contribution in [-0.4, -0.2) is 54.4 Å². The summed E-state index contributed by atoms with van der Waals surface area (Å²) in [6.07, 6.45) is 8.64. The van der Waals surface area contributed by atoms with E-state index in [0.717, 1.165) is 51.7 Å². The Morgan fingerprint density at radius 2 is 2.15 bits per heavy atom. The van der Waals surface area contributed by atoms with Gasteiger partial charge in [0.05, 0.1) is 0 Å². The number of anilines is 1. The molecule has 0 radical (unpaired) electrons. The van der Waals surface area contributed by atoms with E-state index in [-0.39, 0.29) is 11.9 Å². The van der Waals surface area contributed by atoms with Crippen LogP contribution in [0.3, 0.4) is 0 Å². The van der Waals surface area contributed by atoms with E-state index in [9.17, 15) is 9.18 Å². The Morgan fingerprint density at radius 1 is 1.27 bits per heavy atom. The second kappa shape index (κ2) is 11.9. The van der Waals surface area contributed by atoms with Crippen LogP contribution in [-0.2, 0) is 20.8 Å². The topological polar surface area (TPSA) is 75.7 Å². The number of amides is 1. The number of nitrogens with one attached hydrogen (secondary N) is 2. The Balaban J connectivity index is 1.21. The molecule has 0 bridgehead atoms. The van der Waals surface area contributed by atoms with E-state index < -0.39 is 18.0 Å². The maximum atomic E-state index is 14.6. The number of halogens is 1. The highest BCUT2D eigenvalue weighted by molar-refractivity contribution is 5.90. The molecule has 2 saturated heterocycles. The molecule has 2 aliphatic rings. The van der Waals surface area contributed by atoms with Gasteiger partial charge in [-0.25, -0.2) is 19.7 Å². The molecule has 2 aliphatic heterocycles. The number of carbonyl (C=O) groups is 1. The van der Waals surface area contributed by atoms with Crippen LogP contribution < -0.4 is 10.8 Å². The lowest BCUT2D eigenvalue weighted by molar-refractivity contribution is -0.198. The Hall–Kier alpha value is -2.81. The fourth-order valence-electron chi connectivity index (χ4n) is 4.06. The summed E-state index contributed by atoms with van der Waals surface area (Å²) in [6.45, 7) is 3.46. The first-order valence-electron chi connectivity index (χ1n) is 11.6. The van der Waals surface area contributed by atoms with Gasteiger partial charge in [-0.1, -0.05) is 30.3 Å². The Labute approximate surface area is 193 Å². The maximum absolute atomic E-state index is 14.6. The fourth-order valence-corrected chi connectivity index (χ4v) is 4.06. The van der Waals surface area contributed by atoms with Gasteiger partial charge in [0.25, 0.3) is 5.91 Å². The molecule has 3 heterocycles. The van der Waals surface area contributed by atoms with Crippen molar-refractivity contribution in [1.29, 1.82) is 0 Å². The van der Waals surface area contributed by atoms with E-state index in [2.05, 4.69) is 44.9 Å². The summed E-state index contributed by atoms with van der Waals surface area (Å²) in [6, 6.07) is 12.0. The molecule has 2 fully saturated rings. The first-order valence-corrected chi connectivity index (χ1v) is 11.6. The molecule has 2 atom stereocenters. The predicted octanol–water partition coefficient (Wildman–Crippen LogP) is 3.54. The molecule has 1 aromatic carbocycles. The number of aromatic nitrogens is 1. The van der Waals surface area contributed by atoms with Crippen LogP contribution in [0, 0.1) is 5.82 Å². The van der Waals surface area contributed by atoms with Crippen LogP contribution in [0.5, 0.6) is 0 Å². The lowest BCUT2D eigenvalue weighted by atomic mass is 10.1. The number of ether oxygens (including phenoxy) is 1. The average Bonchev–Trinajstić information content (AvgIpc) is 3.30. The average molecular weight is 455 g/mol. The minimum absolute atomic E-state index is 0.161. The van der Waals surface area contributed by atoms with Gasteiger partial charge in [-0.05, 0) is 49.0 Å². The molecule has 1 aromatic heterocycles. The van der Waals surface area contributed by atoms with E-state index in [1.807, 2.05) is 6.07 Å². The number of benzene rings is 1. The van der Waals surface area contributed by atoms with Crippen molar-refractivity contribution < 1.29 is 18.8 Å². The zero-order valence-corrected chi connectivity index (χ0v) is 18.7. The van der Waals surface area contributed by atoms with Crippen LogP contribution in [0.2, 0.25) is 0 Å². The predicted molar refractivity (Wildman–Crippen MR) is 125 cm³/mol. The van der Waals surface area contributed by atoms with Crippen LogP contribution in [0.15, 0.2) is 48.7 Å². The summed E-state index contributed by atoms with van der Waals surface area (Å²) in [5.41, 5.74) is 4.16. The number of nitrogens with zero attached hydrogens (tertiary/aromatic N) is 2. The normalized spacial score (nSPS) is 21.4. The Bertz CT molecular complexity index is 935. The summed E-state index contributed by atoms with van der Waals surface area (Å²) in [5, 5.41) is 3.22. The number of hydrogen-bond acceptors (Lipinski definition) is 6. The van der Waals surface area contributed by atoms with Crippen LogP contribution >= 0.6 is 0 Å². The van der Waals surface area contributed by atoms with Crippen LogP contribution in [0.4, 0.5) is 10.2 Å². The van der Waals surface area contributed by atoms with Gasteiger partial charge in [0.15, 0.2) is 17.9 Å². The van der Waals surface area contributed by atoms with Crippen molar-refractivity contribution in [2.24, 2.45) is 0 Å². The highest BCUT2D eigenvalue weighted by Crippen LogP contribution is 2.19. The van der Waals surface area contributed by atoms with Crippen molar-refractivity contribution in [2.75, 3.05) is 31.6 Å². The smallest absolute Gasteiger partial charge is 0.267 e. The summed E-state index contributed by atoms with van der Waals surface area (Å²) in [7, 11) is 0. The van der Waals surface area contributed by atoms with Crippen molar-refractivity contribution in [3.63, 3.8) is 0 Å². The molecule has 2 aromatic rings. The van der Waals surface area contributed by atoms with E-state index in [1.165, 1.54) is 23.8 Å². The first-order chi connectivity index (χ1) is 16.2. The number of likely N-dealkylation sites (tertiary alicyclic amines) is 1. The third-order valence-corrected chi connectivity index (χ3v) is 5.89. The zero-order valence-electron chi connectivity index (χ0n) is 18.7. The summed E-state index contributed by atoms with van der Waals surface area (Å²) in [5.74, 6) is -0.634. The zero-order chi connectivity index (χ0) is 22.9. The Morgan fingerprint density at radius 3 is 2.94 bits per heavy atom. The first kappa shape index (κ1) is 23.4. The number of hydrogen-bond donors (Lipinski definition) is 2. The summed E-state index contributed by atoms with van der Waals surface area (Å²) in [4.78, 5) is 23.7. The van der Waals surface area contributed by atoms with Gasteiger partial charge in [-0.3, -0.25) is 4.79 Å². The van der Waals surface area contributed by atoms with Crippen molar-refractivity contribution >= 4 is 17.8 Å². The largest absolute Gasteiger partial charge is 0.364 e. The van der Waals surface area contributed by atoms with Crippen LogP contribution in [0.1, 0.15) is 36.8 Å². The van der Waals surface area contributed by atoms with Gasteiger partial charge in [-0.2, -0.15) is 0 Å². The summed E-state index contributed by atoms with van der Waals surface area (Å²) >= 11 is 0. The molecule has 0 spiro atoms. The second-order valence-electron chi connectivity index (χ2n) is 8.48. The lowest BCUT2D eigenvalue weighted by Gasteiger charge is -2.21. The number of hydroxylamine groups is 1. The second-order valence-corrected chi connectivity index (χ2v) is 8.48. The van der Waals surface area contributed by atoms with E-state index in [1.54, 1.807) is 6.20 Å². The van der Waals surface area contributed by atoms with Crippen molar-refractivity contribution in [3.05, 3.63) is 65.6 Å². The standard InChI is InChI=1S/C25H31FN4O3/c26-22-16-20(9-10-23(31)29-33-24-8-4-5-15-32-24)17-27-25(22)28-21-12-14-30(18-21)13-11-19-6-2-1-3-7-19/h1-3,6-7,9-10,16-17,21,24H,4-5,8,11-15,18H2,(H,27,28)(H,29,31)/t21-,24?/m1/s1. The van der Waals surface area contributed by atoms with E-state index >= 15 is 0 Å². The van der Waals surface area contributed by atoms with Gasteiger partial charge in [-0.15, -0.1) is 0 Å². The van der Waals surface area contributed by atoms with Crippen LogP contribution in [0.25, 0.3) is 6.08 Å². The van der Waals surface area contributed by atoms with Crippen molar-refractivity contribution in [3.8, 4) is 0 Å². The highest BCUT2D eigenvalue weighted by atomic mass is 19.1. The molecule has 176 valence electrons. The number of carbonyl (C=O) groups excluding carboxylic acids is 1. The molecule has 8 heteroatoms. The molecule has 1 amide bonds. The highest BCUT2D eigenvalue weighted by Gasteiger charge is 2.23. The number of rotatable bonds is 9. The molecular weight excluding hydrogens is 423 g/mol. The van der Waals surface area contributed by atoms with Gasteiger partial charge in [0, 0.05) is 51.0 Å². The van der Waals surface area contributed by atoms with Crippen molar-refractivity contribution in [2.45, 2.75) is 44.4 Å². The third kappa shape index (κ3) is 7.35. The Kier molecular flexibility index (Phi) is 8.41. The van der Waals surface area contributed by atoms with Gasteiger partial charge >= 0.3 is 0 Å². The van der Waals surface area contributed by atoms with Gasteiger partial charge in [0.1, 0.15) is 0 Å². The molecular formula is C25H31FN4O3. The molecule has 0 saturated carbocycles. The molecule has 7 nitrogen and oxygen atoms in total. The van der Waals surface area contributed by atoms with E-state index in [0.29, 0.717) is 12.2 Å². The molecule has 2 N–H and O–H groups in total. The lowest BCUT2D eigenvalue weighted by Crippen LogP contribution is -2.32. The van der Waals surface area contributed by atoms with Gasteiger partial charge < -0.3 is 15.0 Å². The summed E-state index contributed by atoms with van der Waals surface area (Å²) < 4.78 is 20.0. The minimum atomic E-state index is -0.438. The molecule has 33 heavy (non-hydrogen) atoms. The van der Waals surface area contributed by atoms with Crippen molar-refractivity contribution in [1.82, 2.24) is 15.4 Å². The maximum Gasteiger partial charge on any atom is 0.267 e. The quantitative estimate of drug-likeness (QED) is 0.446. The fraction of sp³-hybridized carbons (Fsp3) is 0.440. The number of pyridine rings is 1. The van der Waals surface area contributed by atoms with Gasteiger partial charge in [0.2, 0.25) is 0 Å². The monoisotopic (exact) mass is 454 g/mol. The minimum Gasteiger partial charge on any atom is -0.364 e. The SMILES string of the molecule is O=C(C=Cc1cnc(N[C@@H]2CCN(CCc3ccccc3)C2)c(F)c1)NOC1CCCCO1. The molecule has 4 rings (SSSR count). The molecule has 1 unspecified atom stereocenters.